The van der Waals surface area contributed by atoms with E-state index >= 15 is 0 Å². The Morgan fingerprint density at radius 1 is 1.12 bits per heavy atom. The highest BCUT2D eigenvalue weighted by Crippen LogP contribution is 2.28. The molecule has 0 spiro atoms. The Balaban J connectivity index is 1.40. The van der Waals surface area contributed by atoms with Gasteiger partial charge in [-0.1, -0.05) is 12.1 Å². The normalized spacial score (nSPS) is 14.8. The molecule has 0 saturated heterocycles. The molecule has 1 unspecified atom stereocenters. The second kappa shape index (κ2) is 9.39. The summed E-state index contributed by atoms with van der Waals surface area (Å²) in [6.45, 7) is -0.201. The highest BCUT2D eigenvalue weighted by atomic mass is 19.2. The van der Waals surface area contributed by atoms with Gasteiger partial charge >= 0.3 is 6.01 Å². The summed E-state index contributed by atoms with van der Waals surface area (Å²) >= 11 is 0. The molecular weight excluding hydrogens is 432 g/mol. The van der Waals surface area contributed by atoms with Gasteiger partial charge in [0, 0.05) is 17.7 Å². The molecule has 0 aliphatic carbocycles. The van der Waals surface area contributed by atoms with Gasteiger partial charge in [-0.3, -0.25) is 9.36 Å². The Morgan fingerprint density at radius 2 is 1.91 bits per heavy atom. The third kappa shape index (κ3) is 4.75. The van der Waals surface area contributed by atoms with E-state index in [-0.39, 0.29) is 31.4 Å². The first kappa shape index (κ1) is 21.8. The van der Waals surface area contributed by atoms with Crippen LogP contribution in [0, 0.1) is 17.5 Å². The minimum absolute atomic E-state index is 0.0459. The van der Waals surface area contributed by atoms with Crippen molar-refractivity contribution >= 4 is 0 Å². The summed E-state index contributed by atoms with van der Waals surface area (Å²) in [5, 5.41) is 0. The molecule has 0 saturated carbocycles. The minimum Gasteiger partial charge on any atom is -0.490 e. The molecule has 10 heteroatoms. The molecule has 0 bridgehead atoms. The van der Waals surface area contributed by atoms with E-state index in [0.29, 0.717) is 29.6 Å². The van der Waals surface area contributed by atoms with Gasteiger partial charge in [-0.15, -0.1) is 0 Å². The zero-order chi connectivity index (χ0) is 22.7. The van der Waals surface area contributed by atoms with Crippen molar-refractivity contribution in [3.63, 3.8) is 0 Å². The SMILES string of the molecule is O=c1cc(COCCF)n2c(n1)OC(COc1ccc(-c3cc(F)cc(F)c3F)cc1)C2. The second-order valence-corrected chi connectivity index (χ2v) is 7.04. The standard InChI is InChI=1S/C22H18F4N2O4/c23-5-6-30-11-15-9-20(29)27-22-28(15)10-17(32-22)12-31-16-3-1-13(2-4-16)18-7-14(24)8-19(25)21(18)26/h1-4,7-9,17H,5-6,10-12H2. The number of rotatable bonds is 8. The van der Waals surface area contributed by atoms with Crippen LogP contribution in [0.1, 0.15) is 5.69 Å². The largest absolute Gasteiger partial charge is 0.490 e. The van der Waals surface area contributed by atoms with Crippen LogP contribution in [0.3, 0.4) is 0 Å². The van der Waals surface area contributed by atoms with Crippen molar-refractivity contribution < 1.29 is 31.8 Å². The average molecular weight is 450 g/mol. The van der Waals surface area contributed by atoms with E-state index in [1.807, 2.05) is 0 Å². The Hall–Kier alpha value is -3.40. The fraction of sp³-hybridized carbons (Fsp3) is 0.273. The number of alkyl halides is 1. The smallest absolute Gasteiger partial charge is 0.300 e. The highest BCUT2D eigenvalue weighted by Gasteiger charge is 2.26. The molecule has 1 atom stereocenters. The second-order valence-electron chi connectivity index (χ2n) is 7.04. The molecule has 0 N–H and O–H groups in total. The number of hydrogen-bond acceptors (Lipinski definition) is 5. The molecule has 0 fully saturated rings. The molecule has 32 heavy (non-hydrogen) atoms. The number of fused-ring (bicyclic) bond motifs is 1. The lowest BCUT2D eigenvalue weighted by Gasteiger charge is -2.12. The zero-order valence-electron chi connectivity index (χ0n) is 16.7. The van der Waals surface area contributed by atoms with Gasteiger partial charge in [-0.05, 0) is 23.8 Å². The first-order chi connectivity index (χ1) is 15.4. The van der Waals surface area contributed by atoms with Crippen LogP contribution in [-0.4, -0.2) is 35.5 Å². The van der Waals surface area contributed by atoms with Gasteiger partial charge < -0.3 is 14.2 Å². The van der Waals surface area contributed by atoms with E-state index in [4.69, 9.17) is 14.2 Å². The molecule has 1 aliphatic heterocycles. The summed E-state index contributed by atoms with van der Waals surface area (Å²) in [5.74, 6) is -2.84. The summed E-state index contributed by atoms with van der Waals surface area (Å²) in [6.07, 6.45) is -0.446. The lowest BCUT2D eigenvalue weighted by atomic mass is 10.0. The molecule has 2 aromatic carbocycles. The van der Waals surface area contributed by atoms with Crippen LogP contribution < -0.4 is 15.0 Å². The van der Waals surface area contributed by atoms with Crippen LogP contribution in [0.25, 0.3) is 11.1 Å². The number of hydrogen-bond donors (Lipinski definition) is 0. The highest BCUT2D eigenvalue weighted by molar-refractivity contribution is 5.65. The van der Waals surface area contributed by atoms with Crippen molar-refractivity contribution in [3.05, 3.63) is 76.0 Å². The Bertz CT molecular complexity index is 1170. The van der Waals surface area contributed by atoms with Crippen LogP contribution in [0.4, 0.5) is 17.6 Å². The van der Waals surface area contributed by atoms with Crippen molar-refractivity contribution in [1.29, 1.82) is 0 Å². The zero-order valence-corrected chi connectivity index (χ0v) is 16.7. The molecule has 6 nitrogen and oxygen atoms in total. The average Bonchev–Trinajstić information content (AvgIpc) is 3.18. The van der Waals surface area contributed by atoms with Gasteiger partial charge in [-0.25, -0.2) is 17.6 Å². The van der Waals surface area contributed by atoms with Crippen molar-refractivity contribution in [3.8, 4) is 22.9 Å². The van der Waals surface area contributed by atoms with E-state index < -0.39 is 35.8 Å². The van der Waals surface area contributed by atoms with Crippen molar-refractivity contribution in [2.45, 2.75) is 19.3 Å². The predicted octanol–water partition coefficient (Wildman–Crippen LogP) is 3.65. The Kier molecular flexibility index (Phi) is 6.40. The number of ether oxygens (including phenoxy) is 3. The molecule has 2 heterocycles. The van der Waals surface area contributed by atoms with Gasteiger partial charge in [0.15, 0.2) is 17.7 Å². The number of nitrogens with zero attached hydrogens (tertiary/aromatic N) is 2. The quantitative estimate of drug-likeness (QED) is 0.298. The molecule has 1 aliphatic rings. The van der Waals surface area contributed by atoms with Crippen LogP contribution in [0.5, 0.6) is 11.8 Å². The van der Waals surface area contributed by atoms with E-state index in [1.165, 1.54) is 30.3 Å². The van der Waals surface area contributed by atoms with Crippen LogP contribution in [-0.2, 0) is 17.9 Å². The summed E-state index contributed by atoms with van der Waals surface area (Å²) in [5.41, 5.74) is 0.123. The number of benzene rings is 2. The predicted molar refractivity (Wildman–Crippen MR) is 106 cm³/mol. The van der Waals surface area contributed by atoms with Crippen molar-refractivity contribution in [2.75, 3.05) is 19.9 Å². The van der Waals surface area contributed by atoms with E-state index in [1.54, 1.807) is 4.57 Å². The summed E-state index contributed by atoms with van der Waals surface area (Å²) < 4.78 is 71.3. The van der Waals surface area contributed by atoms with Gasteiger partial charge in [0.25, 0.3) is 5.56 Å². The maximum absolute atomic E-state index is 14.0. The van der Waals surface area contributed by atoms with Gasteiger partial charge in [-0.2, -0.15) is 4.98 Å². The van der Waals surface area contributed by atoms with Gasteiger partial charge in [0.2, 0.25) is 0 Å². The molecular formula is C22H18F4N2O4. The molecule has 0 radical (unpaired) electrons. The van der Waals surface area contributed by atoms with E-state index in [2.05, 4.69) is 4.98 Å². The maximum Gasteiger partial charge on any atom is 0.300 e. The molecule has 4 rings (SSSR count). The molecule has 3 aromatic rings. The van der Waals surface area contributed by atoms with Crippen molar-refractivity contribution in [2.24, 2.45) is 0 Å². The third-order valence-corrected chi connectivity index (χ3v) is 4.80. The van der Waals surface area contributed by atoms with Crippen molar-refractivity contribution in [1.82, 2.24) is 9.55 Å². The number of aromatic nitrogens is 2. The Morgan fingerprint density at radius 3 is 2.66 bits per heavy atom. The molecule has 168 valence electrons. The summed E-state index contributed by atoms with van der Waals surface area (Å²) in [4.78, 5) is 15.6. The topological polar surface area (TPSA) is 62.6 Å². The molecule has 1 aromatic heterocycles. The fourth-order valence-electron chi connectivity index (χ4n) is 3.33. The first-order valence-electron chi connectivity index (χ1n) is 9.73. The fourth-order valence-corrected chi connectivity index (χ4v) is 3.33. The minimum atomic E-state index is -1.26. The van der Waals surface area contributed by atoms with Gasteiger partial charge in [0.1, 0.15) is 24.8 Å². The van der Waals surface area contributed by atoms with Crippen LogP contribution in [0.2, 0.25) is 0 Å². The van der Waals surface area contributed by atoms with Gasteiger partial charge in [0.05, 0.1) is 25.5 Å². The maximum atomic E-state index is 14.0. The lowest BCUT2D eigenvalue weighted by Crippen LogP contribution is -2.23. The third-order valence-electron chi connectivity index (χ3n) is 4.80. The number of halogens is 4. The Labute approximate surface area is 180 Å². The summed E-state index contributed by atoms with van der Waals surface area (Å²) in [6, 6.07) is 8.88. The summed E-state index contributed by atoms with van der Waals surface area (Å²) in [7, 11) is 0. The molecule has 0 amide bonds. The first-order valence-corrected chi connectivity index (χ1v) is 9.73. The monoisotopic (exact) mass is 450 g/mol. The van der Waals surface area contributed by atoms with Crippen LogP contribution in [0.15, 0.2) is 47.3 Å². The van der Waals surface area contributed by atoms with Crippen LogP contribution >= 0.6 is 0 Å². The lowest BCUT2D eigenvalue weighted by molar-refractivity contribution is 0.101. The van der Waals surface area contributed by atoms with E-state index in [0.717, 1.165) is 6.07 Å². The van der Waals surface area contributed by atoms with E-state index in [9.17, 15) is 22.4 Å².